The average molecular weight is 442 g/mol. The summed E-state index contributed by atoms with van der Waals surface area (Å²) in [5.74, 6) is -6.20. The highest BCUT2D eigenvalue weighted by molar-refractivity contribution is 5.39. The first kappa shape index (κ1) is 22.0. The van der Waals surface area contributed by atoms with E-state index in [1.807, 2.05) is 0 Å². The monoisotopic (exact) mass is 442 g/mol. The van der Waals surface area contributed by atoms with Crippen molar-refractivity contribution in [2.75, 3.05) is 0 Å². The first-order chi connectivity index (χ1) is 13.7. The van der Waals surface area contributed by atoms with Gasteiger partial charge in [0.2, 0.25) is 5.60 Å². The van der Waals surface area contributed by atoms with Crippen LogP contribution in [0.5, 0.6) is 0 Å². The van der Waals surface area contributed by atoms with Crippen molar-refractivity contribution in [1.82, 2.24) is 0 Å². The molecule has 2 aromatic rings. The molecule has 0 N–H and O–H groups in total. The number of halogens is 9. The van der Waals surface area contributed by atoms with E-state index in [9.17, 15) is 39.5 Å². The molecule has 2 aromatic carbocycles. The van der Waals surface area contributed by atoms with Gasteiger partial charge in [-0.2, -0.15) is 39.5 Å². The van der Waals surface area contributed by atoms with Gasteiger partial charge in [-0.05, 0) is 0 Å². The van der Waals surface area contributed by atoms with E-state index >= 15 is 0 Å². The fourth-order valence-electron chi connectivity index (χ4n) is 3.08. The van der Waals surface area contributed by atoms with E-state index in [0.717, 1.165) is 36.4 Å². The lowest BCUT2D eigenvalue weighted by molar-refractivity contribution is -0.386. The summed E-state index contributed by atoms with van der Waals surface area (Å²) in [5, 5.41) is 0. The van der Waals surface area contributed by atoms with E-state index in [0.29, 0.717) is 12.1 Å². The van der Waals surface area contributed by atoms with Gasteiger partial charge in [-0.25, -0.2) is 0 Å². The van der Waals surface area contributed by atoms with Crippen LogP contribution in [0, 0.1) is 0 Å². The summed E-state index contributed by atoms with van der Waals surface area (Å²) in [4.78, 5) is 0. The molecule has 2 nitrogen and oxygen atoms in total. The molecular formula is C19H11F9O2. The third kappa shape index (κ3) is 3.51. The minimum absolute atomic E-state index is 0.707. The average Bonchev–Trinajstić information content (AvgIpc) is 2.99. The Morgan fingerprint density at radius 1 is 0.633 bits per heavy atom. The predicted octanol–water partition coefficient (Wildman–Crippen LogP) is 6.35. The Morgan fingerprint density at radius 3 is 1.50 bits per heavy atom. The Kier molecular flexibility index (Phi) is 5.08. The Morgan fingerprint density at radius 2 is 1.10 bits per heavy atom. The molecule has 1 aliphatic heterocycles. The van der Waals surface area contributed by atoms with E-state index in [1.165, 1.54) is 12.1 Å². The summed E-state index contributed by atoms with van der Waals surface area (Å²) in [6.07, 6.45) is -17.8. The van der Waals surface area contributed by atoms with Crippen LogP contribution in [-0.2, 0) is 20.9 Å². The maximum absolute atomic E-state index is 14.2. The molecule has 1 aliphatic rings. The summed E-state index contributed by atoms with van der Waals surface area (Å²) in [6.45, 7) is 0. The molecule has 0 aromatic heterocycles. The van der Waals surface area contributed by atoms with Gasteiger partial charge in [-0.15, -0.1) is 0 Å². The maximum Gasteiger partial charge on any atom is 0.460 e. The predicted molar refractivity (Wildman–Crippen MR) is 84.7 cm³/mol. The van der Waals surface area contributed by atoms with E-state index < -0.39 is 52.9 Å². The van der Waals surface area contributed by atoms with Crippen LogP contribution in [0.4, 0.5) is 39.5 Å². The lowest BCUT2D eigenvalue weighted by Gasteiger charge is -2.34. The third-order valence-electron chi connectivity index (χ3n) is 4.30. The summed E-state index contributed by atoms with van der Waals surface area (Å²) in [7, 11) is 0. The van der Waals surface area contributed by atoms with Crippen molar-refractivity contribution in [2.45, 2.75) is 29.9 Å². The SMILES string of the molecule is FC(F)(F)/C=C1\OC(c2ccccc2)(C(F)(F)F)OC1(c1ccccc1)C(F)(F)F. The van der Waals surface area contributed by atoms with Crippen LogP contribution >= 0.6 is 0 Å². The standard InChI is InChI=1S/C19H11F9O2/c20-15(21,22)11-14-16(18(23,24)25,12-7-3-1-4-8-12)30-17(29-14,19(26,27)28)13-9-5-2-6-10-13/h1-11H/b14-11-. The number of benzene rings is 2. The maximum atomic E-state index is 14.2. The topological polar surface area (TPSA) is 18.5 Å². The van der Waals surface area contributed by atoms with Crippen molar-refractivity contribution in [3.63, 3.8) is 0 Å². The Balaban J connectivity index is 2.39. The molecular weight excluding hydrogens is 431 g/mol. The molecule has 0 saturated carbocycles. The quantitative estimate of drug-likeness (QED) is 0.505. The number of ether oxygens (including phenoxy) is 2. The molecule has 1 heterocycles. The van der Waals surface area contributed by atoms with Gasteiger partial charge in [0, 0.05) is 11.1 Å². The molecule has 0 aliphatic carbocycles. The highest BCUT2D eigenvalue weighted by Crippen LogP contribution is 2.62. The lowest BCUT2D eigenvalue weighted by atomic mass is 9.90. The molecule has 11 heteroatoms. The zero-order valence-corrected chi connectivity index (χ0v) is 14.6. The van der Waals surface area contributed by atoms with Crippen LogP contribution in [0.1, 0.15) is 11.1 Å². The molecule has 2 unspecified atom stereocenters. The van der Waals surface area contributed by atoms with Crippen molar-refractivity contribution < 1.29 is 49.0 Å². The summed E-state index contributed by atoms with van der Waals surface area (Å²) in [5.41, 5.74) is -6.11. The smallest absolute Gasteiger partial charge is 0.450 e. The van der Waals surface area contributed by atoms with Crippen LogP contribution in [0.25, 0.3) is 0 Å². The van der Waals surface area contributed by atoms with Crippen molar-refractivity contribution in [2.24, 2.45) is 0 Å². The molecule has 0 bridgehead atoms. The van der Waals surface area contributed by atoms with Crippen LogP contribution in [0.3, 0.4) is 0 Å². The summed E-state index contributed by atoms with van der Waals surface area (Å²) >= 11 is 0. The second kappa shape index (κ2) is 6.93. The summed E-state index contributed by atoms with van der Waals surface area (Å²) in [6, 6.07) is 9.57. The Bertz CT molecular complexity index is 917. The van der Waals surface area contributed by atoms with Crippen molar-refractivity contribution in [3.8, 4) is 0 Å². The number of hydrogen-bond donors (Lipinski definition) is 0. The molecule has 0 amide bonds. The van der Waals surface area contributed by atoms with Crippen molar-refractivity contribution in [1.29, 1.82) is 0 Å². The molecule has 1 fully saturated rings. The zero-order valence-electron chi connectivity index (χ0n) is 14.6. The van der Waals surface area contributed by atoms with Crippen LogP contribution < -0.4 is 0 Å². The van der Waals surface area contributed by atoms with Gasteiger partial charge in [0.05, 0.1) is 6.08 Å². The fraction of sp³-hybridized carbons (Fsp3) is 0.263. The highest BCUT2D eigenvalue weighted by atomic mass is 19.4. The normalized spacial score (nSPS) is 26.6. The largest absolute Gasteiger partial charge is 0.460 e. The van der Waals surface area contributed by atoms with E-state index in [2.05, 4.69) is 9.47 Å². The zero-order chi connectivity index (χ0) is 22.4. The summed E-state index contributed by atoms with van der Waals surface area (Å²) < 4.78 is 133. The number of hydrogen-bond acceptors (Lipinski definition) is 2. The minimum atomic E-state index is -5.74. The van der Waals surface area contributed by atoms with Gasteiger partial charge in [0.25, 0.3) is 0 Å². The lowest BCUT2D eigenvalue weighted by Crippen LogP contribution is -2.49. The van der Waals surface area contributed by atoms with Crippen molar-refractivity contribution >= 4 is 0 Å². The molecule has 0 radical (unpaired) electrons. The Labute approximate surface area is 163 Å². The molecule has 162 valence electrons. The fourth-order valence-corrected chi connectivity index (χ4v) is 3.08. The first-order valence-corrected chi connectivity index (χ1v) is 8.17. The van der Waals surface area contributed by atoms with E-state index in [4.69, 9.17) is 0 Å². The van der Waals surface area contributed by atoms with Gasteiger partial charge >= 0.3 is 24.3 Å². The van der Waals surface area contributed by atoms with Gasteiger partial charge in [0.15, 0.2) is 5.76 Å². The van der Waals surface area contributed by atoms with E-state index in [1.54, 1.807) is 0 Å². The second-order valence-electron chi connectivity index (χ2n) is 6.28. The molecule has 1 saturated heterocycles. The van der Waals surface area contributed by atoms with Crippen molar-refractivity contribution in [3.05, 3.63) is 83.6 Å². The van der Waals surface area contributed by atoms with Crippen LogP contribution in [-0.4, -0.2) is 18.5 Å². The number of allylic oxidation sites excluding steroid dienone is 1. The van der Waals surface area contributed by atoms with Gasteiger partial charge in [-0.1, -0.05) is 60.7 Å². The van der Waals surface area contributed by atoms with Crippen LogP contribution in [0.15, 0.2) is 72.5 Å². The number of rotatable bonds is 2. The minimum Gasteiger partial charge on any atom is -0.450 e. The van der Waals surface area contributed by atoms with Gasteiger partial charge < -0.3 is 9.47 Å². The van der Waals surface area contributed by atoms with Crippen LogP contribution in [0.2, 0.25) is 0 Å². The molecule has 0 spiro atoms. The second-order valence-corrected chi connectivity index (χ2v) is 6.28. The van der Waals surface area contributed by atoms with Gasteiger partial charge in [0.1, 0.15) is 0 Å². The molecule has 3 rings (SSSR count). The molecule has 30 heavy (non-hydrogen) atoms. The third-order valence-corrected chi connectivity index (χ3v) is 4.30. The number of alkyl halides is 9. The highest BCUT2D eigenvalue weighted by Gasteiger charge is 2.77. The molecule has 2 atom stereocenters. The Hall–Kier alpha value is -2.69. The van der Waals surface area contributed by atoms with Gasteiger partial charge in [-0.3, -0.25) is 0 Å². The first-order valence-electron chi connectivity index (χ1n) is 8.17. The van der Waals surface area contributed by atoms with E-state index in [-0.39, 0.29) is 0 Å².